The van der Waals surface area contributed by atoms with Crippen LogP contribution in [0.4, 0.5) is 0 Å². The summed E-state index contributed by atoms with van der Waals surface area (Å²) in [6, 6.07) is 15.6. The highest BCUT2D eigenvalue weighted by Crippen LogP contribution is 2.32. The molecule has 0 amide bonds. The Hall–Kier alpha value is -4.36. The molecule has 1 N–H and O–H groups in total. The van der Waals surface area contributed by atoms with E-state index in [1.807, 2.05) is 53.0 Å². The summed E-state index contributed by atoms with van der Waals surface area (Å²) in [5.74, 6) is 0.302. The van der Waals surface area contributed by atoms with Crippen molar-refractivity contribution in [3.8, 4) is 22.5 Å². The van der Waals surface area contributed by atoms with E-state index in [0.717, 1.165) is 60.1 Å². The molecule has 3 aromatic heterocycles. The van der Waals surface area contributed by atoms with Crippen LogP contribution >= 0.6 is 0 Å². The zero-order valence-electron chi connectivity index (χ0n) is 25.3. The van der Waals surface area contributed by atoms with Gasteiger partial charge in [-0.15, -0.1) is 0 Å². The summed E-state index contributed by atoms with van der Waals surface area (Å²) in [4.78, 5) is 33.0. The van der Waals surface area contributed by atoms with Crippen molar-refractivity contribution in [2.45, 2.75) is 64.0 Å². The minimum Gasteiger partial charge on any atom is -0.377 e. The Bertz CT molecular complexity index is 2020. The molecule has 0 radical (unpaired) electrons. The Kier molecular flexibility index (Phi) is 8.81. The first-order valence-electron chi connectivity index (χ1n) is 15.2. The number of H-pyrrole nitrogens is 1. The molecule has 45 heavy (non-hydrogen) atoms. The number of aromatic nitrogens is 6. The molecular formula is C32H36N6O6S. The molecule has 6 rings (SSSR count). The standard InChI is InChI=1S/C32H36N6O6S/c1-3-6-28-27(19-21-9-11-22(12-10-21)25-7-4-5-8-26(25)29-35-32(40)44-36-29)30(39)37(31-33-20-34-38(28)31)23-13-15-24(16-14-23)43-17-18-45(2,41)42/h4-5,7-12,20,23-24H,3,6,13-19H2,1-2H3,(H,35,36,40). The summed E-state index contributed by atoms with van der Waals surface area (Å²) in [7, 11) is -3.08. The number of nitrogens with zero attached hydrogens (tertiary/aromatic N) is 5. The van der Waals surface area contributed by atoms with E-state index in [1.165, 1.54) is 12.6 Å². The number of aryl methyl sites for hydroxylation is 1. The second kappa shape index (κ2) is 12.9. The van der Waals surface area contributed by atoms with E-state index in [1.54, 1.807) is 4.57 Å². The topological polar surface area (TPSA) is 154 Å². The maximum Gasteiger partial charge on any atom is 0.439 e. The molecule has 0 bridgehead atoms. The first kappa shape index (κ1) is 30.7. The fourth-order valence-electron chi connectivity index (χ4n) is 6.21. The molecule has 0 aliphatic heterocycles. The highest BCUT2D eigenvalue weighted by Gasteiger charge is 2.28. The van der Waals surface area contributed by atoms with Crippen molar-refractivity contribution >= 4 is 15.6 Å². The maximum absolute atomic E-state index is 14.3. The average Bonchev–Trinajstić information content (AvgIpc) is 3.69. The SMILES string of the molecule is CCCc1c(Cc2ccc(-c3ccccc3-c3noc(=O)[nH]3)cc2)c(=O)n(C2CCC(OCCS(C)(=O)=O)CC2)c2ncnn12. The highest BCUT2D eigenvalue weighted by molar-refractivity contribution is 7.90. The molecule has 0 atom stereocenters. The monoisotopic (exact) mass is 632 g/mol. The lowest BCUT2D eigenvalue weighted by Gasteiger charge is -2.30. The minimum atomic E-state index is -3.08. The lowest BCUT2D eigenvalue weighted by atomic mass is 9.92. The Labute approximate surface area is 260 Å². The number of nitrogens with one attached hydrogen (secondary N) is 1. The van der Waals surface area contributed by atoms with E-state index in [4.69, 9.17) is 9.26 Å². The molecule has 236 valence electrons. The van der Waals surface area contributed by atoms with E-state index in [2.05, 4.69) is 27.1 Å². The quantitative estimate of drug-likeness (QED) is 0.228. The fourth-order valence-corrected chi connectivity index (χ4v) is 6.61. The number of ether oxygens (including phenoxy) is 1. The van der Waals surface area contributed by atoms with Gasteiger partial charge >= 0.3 is 5.76 Å². The van der Waals surface area contributed by atoms with Gasteiger partial charge in [-0.1, -0.05) is 67.0 Å². The van der Waals surface area contributed by atoms with Crippen LogP contribution in [0, 0.1) is 0 Å². The molecular weight excluding hydrogens is 596 g/mol. The Morgan fingerprint density at radius 2 is 1.76 bits per heavy atom. The molecule has 1 saturated carbocycles. The van der Waals surface area contributed by atoms with Crippen LogP contribution in [0.2, 0.25) is 0 Å². The van der Waals surface area contributed by atoms with Crippen LogP contribution in [0.5, 0.6) is 0 Å². The number of hydrogen-bond donors (Lipinski definition) is 1. The summed E-state index contributed by atoms with van der Waals surface area (Å²) >= 11 is 0. The van der Waals surface area contributed by atoms with Gasteiger partial charge in [-0.3, -0.25) is 18.9 Å². The van der Waals surface area contributed by atoms with Gasteiger partial charge in [0.25, 0.3) is 5.56 Å². The van der Waals surface area contributed by atoms with Crippen LogP contribution in [0.25, 0.3) is 28.3 Å². The molecule has 0 spiro atoms. The number of benzene rings is 2. The normalized spacial score (nSPS) is 17.2. The van der Waals surface area contributed by atoms with Crippen molar-refractivity contribution in [1.82, 2.24) is 29.3 Å². The summed E-state index contributed by atoms with van der Waals surface area (Å²) in [6.45, 7) is 2.26. The van der Waals surface area contributed by atoms with Crippen molar-refractivity contribution in [2.75, 3.05) is 18.6 Å². The Balaban J connectivity index is 1.28. The lowest BCUT2D eigenvalue weighted by molar-refractivity contribution is 0.0281. The van der Waals surface area contributed by atoms with Gasteiger partial charge in [0.15, 0.2) is 5.82 Å². The lowest BCUT2D eigenvalue weighted by Crippen LogP contribution is -2.35. The van der Waals surface area contributed by atoms with E-state index < -0.39 is 15.6 Å². The molecule has 1 fully saturated rings. The molecule has 2 aromatic carbocycles. The van der Waals surface area contributed by atoms with Crippen LogP contribution in [-0.4, -0.2) is 62.4 Å². The van der Waals surface area contributed by atoms with Crippen molar-refractivity contribution < 1.29 is 17.7 Å². The smallest absolute Gasteiger partial charge is 0.377 e. The number of rotatable bonds is 11. The van der Waals surface area contributed by atoms with Crippen LogP contribution < -0.4 is 11.3 Å². The van der Waals surface area contributed by atoms with Gasteiger partial charge in [0.2, 0.25) is 5.78 Å². The molecule has 3 heterocycles. The van der Waals surface area contributed by atoms with Gasteiger partial charge in [0.1, 0.15) is 16.2 Å². The van der Waals surface area contributed by atoms with Gasteiger partial charge in [-0.25, -0.2) is 17.7 Å². The summed E-state index contributed by atoms with van der Waals surface area (Å²) in [5, 5.41) is 8.39. The first-order valence-corrected chi connectivity index (χ1v) is 17.3. The van der Waals surface area contributed by atoms with Crippen molar-refractivity contribution in [3.63, 3.8) is 0 Å². The predicted molar refractivity (Wildman–Crippen MR) is 169 cm³/mol. The third-order valence-corrected chi connectivity index (χ3v) is 9.31. The molecule has 0 unspecified atom stereocenters. The fraction of sp³-hybridized carbons (Fsp3) is 0.406. The number of sulfone groups is 1. The van der Waals surface area contributed by atoms with Crippen LogP contribution in [0.15, 0.2) is 69.0 Å². The van der Waals surface area contributed by atoms with E-state index in [9.17, 15) is 18.0 Å². The van der Waals surface area contributed by atoms with Gasteiger partial charge in [-0.05, 0) is 48.8 Å². The van der Waals surface area contributed by atoms with Crippen LogP contribution in [0.1, 0.15) is 61.9 Å². The zero-order chi connectivity index (χ0) is 31.6. The zero-order valence-corrected chi connectivity index (χ0v) is 26.1. The largest absolute Gasteiger partial charge is 0.439 e. The number of hydrogen-bond acceptors (Lipinski definition) is 9. The molecule has 1 aliphatic carbocycles. The Morgan fingerprint density at radius 1 is 1.02 bits per heavy atom. The molecule has 13 heteroatoms. The number of aromatic amines is 1. The predicted octanol–water partition coefficient (Wildman–Crippen LogP) is 3.99. The third-order valence-electron chi connectivity index (χ3n) is 8.40. The second-order valence-corrected chi connectivity index (χ2v) is 13.9. The molecule has 12 nitrogen and oxygen atoms in total. The van der Waals surface area contributed by atoms with Gasteiger partial charge in [0.05, 0.1) is 24.2 Å². The Morgan fingerprint density at radius 3 is 2.42 bits per heavy atom. The van der Waals surface area contributed by atoms with Crippen molar-refractivity contribution in [1.29, 1.82) is 0 Å². The van der Waals surface area contributed by atoms with E-state index >= 15 is 0 Å². The average molecular weight is 633 g/mol. The molecule has 0 saturated heterocycles. The summed E-state index contributed by atoms with van der Waals surface area (Å²) in [6.07, 6.45) is 7.58. The van der Waals surface area contributed by atoms with Crippen LogP contribution in [-0.2, 0) is 27.4 Å². The summed E-state index contributed by atoms with van der Waals surface area (Å²) < 4.78 is 37.2. The van der Waals surface area contributed by atoms with Gasteiger partial charge in [0, 0.05) is 29.8 Å². The van der Waals surface area contributed by atoms with Crippen LogP contribution in [0.3, 0.4) is 0 Å². The van der Waals surface area contributed by atoms with E-state index in [0.29, 0.717) is 30.0 Å². The highest BCUT2D eigenvalue weighted by atomic mass is 32.2. The summed E-state index contributed by atoms with van der Waals surface area (Å²) in [5.41, 5.74) is 5.08. The first-order chi connectivity index (χ1) is 21.7. The molecule has 5 aromatic rings. The van der Waals surface area contributed by atoms with Gasteiger partial charge in [-0.2, -0.15) is 10.1 Å². The van der Waals surface area contributed by atoms with E-state index in [-0.39, 0.29) is 30.1 Å². The number of fused-ring (bicyclic) bond motifs is 1. The second-order valence-electron chi connectivity index (χ2n) is 11.6. The van der Waals surface area contributed by atoms with Crippen molar-refractivity contribution in [2.24, 2.45) is 0 Å². The van der Waals surface area contributed by atoms with Crippen molar-refractivity contribution in [3.05, 3.63) is 92.6 Å². The maximum atomic E-state index is 14.3. The van der Waals surface area contributed by atoms with Gasteiger partial charge < -0.3 is 4.74 Å². The minimum absolute atomic E-state index is 0.00493. The molecule has 1 aliphatic rings. The third kappa shape index (κ3) is 6.69.